The van der Waals surface area contributed by atoms with E-state index in [4.69, 9.17) is 4.74 Å². The highest BCUT2D eigenvalue weighted by Crippen LogP contribution is 2.12. The second-order valence-corrected chi connectivity index (χ2v) is 4.35. The van der Waals surface area contributed by atoms with Gasteiger partial charge < -0.3 is 9.47 Å². The normalized spacial score (nSPS) is 9.85. The highest BCUT2D eigenvalue weighted by molar-refractivity contribution is 7.10. The summed E-state index contributed by atoms with van der Waals surface area (Å²) < 4.78 is 13.2. The van der Waals surface area contributed by atoms with Gasteiger partial charge in [-0.25, -0.2) is 9.59 Å². The number of aromatic nitrogens is 2. The summed E-state index contributed by atoms with van der Waals surface area (Å²) in [6.45, 7) is 0.148. The van der Waals surface area contributed by atoms with E-state index in [1.807, 2.05) is 30.3 Å². The third kappa shape index (κ3) is 3.75. The lowest BCUT2D eigenvalue weighted by Crippen LogP contribution is -2.13. The Labute approximate surface area is 118 Å². The molecule has 1 N–H and O–H groups in total. The number of methoxy groups -OCH3 is 1. The maximum atomic E-state index is 11.5. The number of rotatable bonds is 4. The number of hydrogen-bond acceptors (Lipinski definition) is 7. The van der Waals surface area contributed by atoms with Crippen LogP contribution < -0.4 is 5.32 Å². The SMILES string of the molecule is COC(=O)c1nsc(NC(=O)OCc2ccccc2)n1. The van der Waals surface area contributed by atoms with Crippen LogP contribution in [-0.4, -0.2) is 28.5 Å². The summed E-state index contributed by atoms with van der Waals surface area (Å²) in [5.74, 6) is -0.761. The second kappa shape index (κ2) is 6.62. The molecule has 0 bridgehead atoms. The van der Waals surface area contributed by atoms with Crippen molar-refractivity contribution in [2.75, 3.05) is 12.4 Å². The minimum Gasteiger partial charge on any atom is -0.463 e. The zero-order valence-electron chi connectivity index (χ0n) is 10.5. The van der Waals surface area contributed by atoms with Crippen LogP contribution in [0.4, 0.5) is 9.93 Å². The van der Waals surface area contributed by atoms with E-state index in [9.17, 15) is 9.59 Å². The first-order valence-electron chi connectivity index (χ1n) is 5.59. The molecule has 0 unspecified atom stereocenters. The first-order chi connectivity index (χ1) is 9.69. The van der Waals surface area contributed by atoms with Crippen molar-refractivity contribution in [3.63, 3.8) is 0 Å². The number of esters is 1. The zero-order valence-corrected chi connectivity index (χ0v) is 11.3. The smallest absolute Gasteiger partial charge is 0.413 e. The van der Waals surface area contributed by atoms with Gasteiger partial charge in [-0.3, -0.25) is 5.32 Å². The Morgan fingerprint density at radius 2 is 2.05 bits per heavy atom. The lowest BCUT2D eigenvalue weighted by Gasteiger charge is -2.04. The van der Waals surface area contributed by atoms with Crippen molar-refractivity contribution in [1.82, 2.24) is 9.36 Å². The minimum atomic E-state index is -0.665. The van der Waals surface area contributed by atoms with Gasteiger partial charge in [0.2, 0.25) is 5.13 Å². The van der Waals surface area contributed by atoms with E-state index in [0.29, 0.717) is 0 Å². The summed E-state index contributed by atoms with van der Waals surface area (Å²) in [7, 11) is 1.23. The molecule has 20 heavy (non-hydrogen) atoms. The summed E-state index contributed by atoms with van der Waals surface area (Å²) in [6.07, 6.45) is -0.665. The number of hydrogen-bond donors (Lipinski definition) is 1. The van der Waals surface area contributed by atoms with Crippen molar-refractivity contribution in [2.24, 2.45) is 0 Å². The van der Waals surface area contributed by atoms with Crippen LogP contribution in [0, 0.1) is 0 Å². The van der Waals surface area contributed by atoms with Crippen LogP contribution in [-0.2, 0) is 16.1 Å². The molecule has 7 nitrogen and oxygen atoms in total. The fourth-order valence-electron chi connectivity index (χ4n) is 1.29. The van der Waals surface area contributed by atoms with Crippen LogP contribution in [0.15, 0.2) is 30.3 Å². The monoisotopic (exact) mass is 293 g/mol. The van der Waals surface area contributed by atoms with Crippen LogP contribution in [0.25, 0.3) is 0 Å². The van der Waals surface area contributed by atoms with Gasteiger partial charge in [0, 0.05) is 11.5 Å². The summed E-state index contributed by atoms with van der Waals surface area (Å²) >= 11 is 0.869. The number of ether oxygens (including phenoxy) is 2. The number of carbonyl (C=O) groups excluding carboxylic acids is 2. The van der Waals surface area contributed by atoms with Gasteiger partial charge in [0.05, 0.1) is 7.11 Å². The van der Waals surface area contributed by atoms with Crippen molar-refractivity contribution in [3.8, 4) is 0 Å². The molecule has 1 aromatic carbocycles. The molecule has 0 fully saturated rings. The van der Waals surface area contributed by atoms with E-state index in [1.165, 1.54) is 7.11 Å². The number of carbonyl (C=O) groups is 2. The number of nitrogens with one attached hydrogen (secondary N) is 1. The van der Waals surface area contributed by atoms with Gasteiger partial charge in [-0.1, -0.05) is 30.3 Å². The zero-order chi connectivity index (χ0) is 14.4. The summed E-state index contributed by atoms with van der Waals surface area (Å²) in [4.78, 5) is 26.5. The van der Waals surface area contributed by atoms with Crippen molar-refractivity contribution in [1.29, 1.82) is 0 Å². The fraction of sp³-hybridized carbons (Fsp3) is 0.167. The quantitative estimate of drug-likeness (QED) is 0.868. The molecule has 0 saturated carbocycles. The highest BCUT2D eigenvalue weighted by atomic mass is 32.1. The minimum absolute atomic E-state index is 0.101. The molecule has 104 valence electrons. The van der Waals surface area contributed by atoms with E-state index < -0.39 is 12.1 Å². The summed E-state index contributed by atoms with van der Waals surface area (Å²) in [6, 6.07) is 9.26. The Balaban J connectivity index is 1.85. The molecular weight excluding hydrogens is 282 g/mol. The van der Waals surface area contributed by atoms with Gasteiger partial charge in [-0.2, -0.15) is 9.36 Å². The molecule has 2 aromatic rings. The van der Waals surface area contributed by atoms with Gasteiger partial charge in [0.15, 0.2) is 0 Å². The Hall–Kier alpha value is -2.48. The molecule has 2 rings (SSSR count). The lowest BCUT2D eigenvalue weighted by atomic mass is 10.2. The van der Waals surface area contributed by atoms with Crippen LogP contribution in [0.2, 0.25) is 0 Å². The van der Waals surface area contributed by atoms with Crippen LogP contribution in [0.1, 0.15) is 16.2 Å². The van der Waals surface area contributed by atoms with E-state index >= 15 is 0 Å². The first-order valence-corrected chi connectivity index (χ1v) is 6.36. The lowest BCUT2D eigenvalue weighted by molar-refractivity contribution is 0.0588. The van der Waals surface area contributed by atoms with Crippen LogP contribution in [0.3, 0.4) is 0 Å². The number of benzene rings is 1. The van der Waals surface area contributed by atoms with Gasteiger partial charge in [-0.15, -0.1) is 0 Å². The van der Waals surface area contributed by atoms with Crippen LogP contribution >= 0.6 is 11.5 Å². The molecule has 1 heterocycles. The Morgan fingerprint density at radius 1 is 1.30 bits per heavy atom. The molecule has 0 spiro atoms. The predicted molar refractivity (Wildman–Crippen MR) is 71.5 cm³/mol. The molecule has 0 aliphatic carbocycles. The van der Waals surface area contributed by atoms with Gasteiger partial charge in [-0.05, 0) is 5.56 Å². The predicted octanol–water partition coefficient (Wildman–Crippen LogP) is 2.07. The topological polar surface area (TPSA) is 90.4 Å². The Morgan fingerprint density at radius 3 is 2.75 bits per heavy atom. The van der Waals surface area contributed by atoms with E-state index in [-0.39, 0.29) is 17.6 Å². The molecule has 0 aliphatic heterocycles. The van der Waals surface area contributed by atoms with E-state index in [2.05, 4.69) is 19.4 Å². The van der Waals surface area contributed by atoms with Gasteiger partial charge in [0.25, 0.3) is 5.82 Å². The van der Waals surface area contributed by atoms with Gasteiger partial charge >= 0.3 is 12.1 Å². The molecule has 0 radical (unpaired) electrons. The maximum absolute atomic E-state index is 11.5. The maximum Gasteiger partial charge on any atom is 0.413 e. The third-order valence-corrected chi connectivity index (χ3v) is 2.85. The largest absolute Gasteiger partial charge is 0.463 e. The van der Waals surface area contributed by atoms with E-state index in [1.54, 1.807) is 0 Å². The molecule has 8 heteroatoms. The van der Waals surface area contributed by atoms with Crippen molar-refractivity contribution in [3.05, 3.63) is 41.7 Å². The number of anilines is 1. The van der Waals surface area contributed by atoms with Crippen molar-refractivity contribution >= 4 is 28.7 Å². The average molecular weight is 293 g/mol. The summed E-state index contributed by atoms with van der Waals surface area (Å²) in [5.41, 5.74) is 0.871. The molecule has 0 saturated heterocycles. The summed E-state index contributed by atoms with van der Waals surface area (Å²) in [5, 5.41) is 2.56. The second-order valence-electron chi connectivity index (χ2n) is 3.60. The van der Waals surface area contributed by atoms with Crippen molar-refractivity contribution < 1.29 is 19.1 Å². The molecule has 0 aliphatic rings. The fourth-order valence-corrected chi connectivity index (χ4v) is 1.84. The standard InChI is InChI=1S/C12H11N3O4S/c1-18-10(16)9-13-11(20-15-9)14-12(17)19-7-8-5-3-2-4-6-8/h2-6H,7H2,1H3,(H,13,14,15,17). The number of amides is 1. The molecule has 1 aromatic heterocycles. The highest BCUT2D eigenvalue weighted by Gasteiger charge is 2.14. The van der Waals surface area contributed by atoms with Crippen LogP contribution in [0.5, 0.6) is 0 Å². The van der Waals surface area contributed by atoms with Crippen molar-refractivity contribution in [2.45, 2.75) is 6.61 Å². The average Bonchev–Trinajstić information content (AvgIpc) is 2.94. The molecule has 0 atom stereocenters. The first kappa shape index (κ1) is 13.9. The number of nitrogens with zero attached hydrogens (tertiary/aromatic N) is 2. The van der Waals surface area contributed by atoms with E-state index in [0.717, 1.165) is 17.1 Å². The Bertz CT molecular complexity index is 600. The molecular formula is C12H11N3O4S. The molecule has 1 amide bonds. The third-order valence-electron chi connectivity index (χ3n) is 2.22. The Kier molecular flexibility index (Phi) is 4.61. The van der Waals surface area contributed by atoms with Gasteiger partial charge in [0.1, 0.15) is 6.61 Å².